The summed E-state index contributed by atoms with van der Waals surface area (Å²) in [5.74, 6) is -0.0247. The van der Waals surface area contributed by atoms with Gasteiger partial charge in [0.1, 0.15) is 0 Å². The smallest absolute Gasteiger partial charge is 0.251 e. The Kier molecular flexibility index (Phi) is 4.24. The highest BCUT2D eigenvalue weighted by atomic mass is 16.1. The molecule has 120 valence electrons. The van der Waals surface area contributed by atoms with Gasteiger partial charge in [-0.05, 0) is 60.7 Å². The van der Waals surface area contributed by atoms with Crippen LogP contribution < -0.4 is 16.0 Å². The molecule has 0 saturated heterocycles. The summed E-state index contributed by atoms with van der Waals surface area (Å²) in [6.45, 7) is 0. The Balaban J connectivity index is 1.80. The summed E-state index contributed by atoms with van der Waals surface area (Å²) >= 11 is 0. The fourth-order valence-electron chi connectivity index (χ4n) is 3.15. The van der Waals surface area contributed by atoms with Crippen molar-refractivity contribution in [2.75, 3.05) is 24.7 Å². The molecule has 0 spiro atoms. The first-order chi connectivity index (χ1) is 11.0. The molecule has 4 nitrogen and oxygen atoms in total. The minimum Gasteiger partial charge on any atom is -0.399 e. The Morgan fingerprint density at radius 3 is 2.83 bits per heavy atom. The molecular weight excluding hydrogens is 286 g/mol. The molecule has 23 heavy (non-hydrogen) atoms. The van der Waals surface area contributed by atoms with Crippen LogP contribution in [-0.2, 0) is 6.42 Å². The van der Waals surface area contributed by atoms with Gasteiger partial charge in [0.15, 0.2) is 0 Å². The standard InChI is InChI=1S/C19H23N3O/c1-22(2)16-7-3-6-14(12-16)19(23)21-18-8-4-5-13-11-15(20)9-10-17(13)18/h3,6-7,9-12,18H,4-5,8,20H2,1-2H3,(H,21,23). The lowest BCUT2D eigenvalue weighted by Gasteiger charge is -2.27. The number of nitrogens with two attached hydrogens (primary N) is 1. The Bertz CT molecular complexity index is 724. The third-order valence-corrected chi connectivity index (χ3v) is 4.41. The Morgan fingerprint density at radius 2 is 2.04 bits per heavy atom. The number of aryl methyl sites for hydroxylation is 1. The monoisotopic (exact) mass is 309 g/mol. The summed E-state index contributed by atoms with van der Waals surface area (Å²) in [7, 11) is 3.94. The maximum atomic E-state index is 12.6. The van der Waals surface area contributed by atoms with Crippen molar-refractivity contribution in [2.45, 2.75) is 25.3 Å². The van der Waals surface area contributed by atoms with Crippen LogP contribution in [0.4, 0.5) is 11.4 Å². The third-order valence-electron chi connectivity index (χ3n) is 4.41. The predicted molar refractivity (Wildman–Crippen MR) is 94.8 cm³/mol. The van der Waals surface area contributed by atoms with E-state index in [9.17, 15) is 4.79 Å². The quantitative estimate of drug-likeness (QED) is 0.856. The number of fused-ring (bicyclic) bond motifs is 1. The van der Waals surface area contributed by atoms with Gasteiger partial charge in [0.05, 0.1) is 6.04 Å². The van der Waals surface area contributed by atoms with E-state index in [4.69, 9.17) is 5.73 Å². The van der Waals surface area contributed by atoms with Gasteiger partial charge < -0.3 is 16.0 Å². The maximum absolute atomic E-state index is 12.6. The number of nitrogens with one attached hydrogen (secondary N) is 1. The molecule has 1 atom stereocenters. The van der Waals surface area contributed by atoms with Crippen molar-refractivity contribution in [3.8, 4) is 0 Å². The topological polar surface area (TPSA) is 58.4 Å². The van der Waals surface area contributed by atoms with Crippen molar-refractivity contribution in [1.29, 1.82) is 0 Å². The number of benzene rings is 2. The molecule has 0 bridgehead atoms. The molecule has 0 fully saturated rings. The van der Waals surface area contributed by atoms with Gasteiger partial charge in [0, 0.05) is 31.0 Å². The molecule has 1 aliphatic carbocycles. The highest BCUT2D eigenvalue weighted by Crippen LogP contribution is 2.31. The van der Waals surface area contributed by atoms with E-state index >= 15 is 0 Å². The number of carbonyl (C=O) groups is 1. The van der Waals surface area contributed by atoms with Crippen molar-refractivity contribution in [3.05, 3.63) is 59.2 Å². The normalized spacial score (nSPS) is 16.5. The summed E-state index contributed by atoms with van der Waals surface area (Å²) in [5, 5.41) is 3.18. The molecule has 2 aromatic rings. The first kappa shape index (κ1) is 15.4. The molecule has 0 aliphatic heterocycles. The second-order valence-corrected chi connectivity index (χ2v) is 6.32. The van der Waals surface area contributed by atoms with Gasteiger partial charge in [-0.2, -0.15) is 0 Å². The number of amides is 1. The van der Waals surface area contributed by atoms with Crippen LogP contribution in [0.3, 0.4) is 0 Å². The number of nitrogens with zero attached hydrogens (tertiary/aromatic N) is 1. The first-order valence-electron chi connectivity index (χ1n) is 8.01. The van der Waals surface area contributed by atoms with Gasteiger partial charge in [-0.1, -0.05) is 12.1 Å². The number of rotatable bonds is 3. The maximum Gasteiger partial charge on any atom is 0.251 e. The van der Waals surface area contributed by atoms with Crippen molar-refractivity contribution < 1.29 is 4.79 Å². The molecule has 1 aliphatic rings. The number of hydrogen-bond acceptors (Lipinski definition) is 3. The average Bonchev–Trinajstić information content (AvgIpc) is 2.54. The number of hydrogen-bond donors (Lipinski definition) is 2. The molecule has 1 unspecified atom stereocenters. The van der Waals surface area contributed by atoms with Crippen LogP contribution in [0.15, 0.2) is 42.5 Å². The fourth-order valence-corrected chi connectivity index (χ4v) is 3.15. The predicted octanol–water partition coefficient (Wildman–Crippen LogP) is 3.14. The van der Waals surface area contributed by atoms with Gasteiger partial charge in [0.25, 0.3) is 5.91 Å². The van der Waals surface area contributed by atoms with Gasteiger partial charge in [0.2, 0.25) is 0 Å². The third kappa shape index (κ3) is 3.31. The van der Waals surface area contributed by atoms with Gasteiger partial charge in [-0.15, -0.1) is 0 Å². The SMILES string of the molecule is CN(C)c1cccc(C(=O)NC2CCCc3cc(N)ccc32)c1. The molecule has 0 radical (unpaired) electrons. The zero-order chi connectivity index (χ0) is 16.4. The van der Waals surface area contributed by atoms with E-state index in [2.05, 4.69) is 5.32 Å². The van der Waals surface area contributed by atoms with Crippen LogP contribution in [-0.4, -0.2) is 20.0 Å². The number of anilines is 2. The van der Waals surface area contributed by atoms with Crippen molar-refractivity contribution in [3.63, 3.8) is 0 Å². The van der Waals surface area contributed by atoms with Gasteiger partial charge >= 0.3 is 0 Å². The zero-order valence-corrected chi connectivity index (χ0v) is 13.7. The summed E-state index contributed by atoms with van der Waals surface area (Å²) in [6.07, 6.45) is 3.07. The van der Waals surface area contributed by atoms with Crippen molar-refractivity contribution >= 4 is 17.3 Å². The van der Waals surface area contributed by atoms with Crippen molar-refractivity contribution in [2.24, 2.45) is 0 Å². The molecule has 1 amide bonds. The summed E-state index contributed by atoms with van der Waals surface area (Å²) in [5.41, 5.74) is 10.8. The number of nitrogen functional groups attached to an aromatic ring is 1. The Labute approximate surface area is 137 Å². The lowest BCUT2D eigenvalue weighted by molar-refractivity contribution is 0.0933. The molecule has 3 N–H and O–H groups in total. The summed E-state index contributed by atoms with van der Waals surface area (Å²) < 4.78 is 0. The lowest BCUT2D eigenvalue weighted by Crippen LogP contribution is -2.31. The second-order valence-electron chi connectivity index (χ2n) is 6.32. The summed E-state index contributed by atoms with van der Waals surface area (Å²) in [4.78, 5) is 14.6. The minimum absolute atomic E-state index is 0.0247. The lowest BCUT2D eigenvalue weighted by atomic mass is 9.87. The van der Waals surface area contributed by atoms with Gasteiger partial charge in [-0.3, -0.25) is 4.79 Å². The second kappa shape index (κ2) is 6.32. The van der Waals surface area contributed by atoms with E-state index in [1.54, 1.807) is 0 Å². The van der Waals surface area contributed by atoms with Crippen LogP contribution in [0.2, 0.25) is 0 Å². The first-order valence-corrected chi connectivity index (χ1v) is 8.01. The van der Waals surface area contributed by atoms with E-state index in [1.165, 1.54) is 11.1 Å². The fraction of sp³-hybridized carbons (Fsp3) is 0.316. The van der Waals surface area contributed by atoms with Gasteiger partial charge in [-0.25, -0.2) is 0 Å². The van der Waals surface area contributed by atoms with E-state index in [0.717, 1.165) is 30.6 Å². The van der Waals surface area contributed by atoms with Crippen LogP contribution in [0.5, 0.6) is 0 Å². The molecule has 0 aromatic heterocycles. The highest BCUT2D eigenvalue weighted by Gasteiger charge is 2.22. The van der Waals surface area contributed by atoms with E-state index in [1.807, 2.05) is 61.5 Å². The molecular formula is C19H23N3O. The van der Waals surface area contributed by atoms with Crippen LogP contribution in [0.1, 0.15) is 40.4 Å². The van der Waals surface area contributed by atoms with Crippen molar-refractivity contribution in [1.82, 2.24) is 5.32 Å². The highest BCUT2D eigenvalue weighted by molar-refractivity contribution is 5.95. The Hall–Kier alpha value is -2.49. The van der Waals surface area contributed by atoms with E-state index in [0.29, 0.717) is 5.56 Å². The molecule has 0 heterocycles. The number of carbonyl (C=O) groups excluding carboxylic acids is 1. The molecule has 0 saturated carbocycles. The van der Waals surface area contributed by atoms with E-state index < -0.39 is 0 Å². The van der Waals surface area contributed by atoms with Crippen LogP contribution in [0, 0.1) is 0 Å². The zero-order valence-electron chi connectivity index (χ0n) is 13.7. The molecule has 3 rings (SSSR count). The minimum atomic E-state index is -0.0247. The van der Waals surface area contributed by atoms with Crippen LogP contribution >= 0.6 is 0 Å². The Morgan fingerprint density at radius 1 is 1.22 bits per heavy atom. The molecule has 4 heteroatoms. The van der Waals surface area contributed by atoms with E-state index in [-0.39, 0.29) is 11.9 Å². The summed E-state index contributed by atoms with van der Waals surface area (Å²) in [6, 6.07) is 13.7. The van der Waals surface area contributed by atoms with Crippen LogP contribution in [0.25, 0.3) is 0 Å². The average molecular weight is 309 g/mol. The molecule has 2 aromatic carbocycles. The largest absolute Gasteiger partial charge is 0.399 e.